The molecule has 0 saturated carbocycles. The highest BCUT2D eigenvalue weighted by atomic mass is 32.2. The molecule has 2 aromatic carbocycles. The first-order valence-corrected chi connectivity index (χ1v) is 10.7. The van der Waals surface area contributed by atoms with Crippen LogP contribution >= 0.6 is 0 Å². The molecule has 1 amide bonds. The van der Waals surface area contributed by atoms with Gasteiger partial charge in [-0.3, -0.25) is 9.10 Å². The second-order valence-electron chi connectivity index (χ2n) is 6.86. The standard InChI is InChI=1S/C20H24N2O4S/c1-14(15-5-8-18(26-2)9-6-15)12-20(23)21-17-7-4-16-10-11-22(19(16)13-17)27(3,24)25/h4-9,13-14H,10-12H2,1-3H3,(H,21,23). The molecule has 3 rings (SSSR count). The molecule has 1 unspecified atom stereocenters. The molecular weight excluding hydrogens is 364 g/mol. The Balaban J connectivity index is 1.67. The average molecular weight is 388 g/mol. The SMILES string of the molecule is COc1ccc(C(C)CC(=O)Nc2ccc3c(c2)N(S(C)(=O)=O)CC3)cc1. The van der Waals surface area contributed by atoms with E-state index in [2.05, 4.69) is 5.32 Å². The first-order chi connectivity index (χ1) is 12.8. The Labute approximate surface area is 160 Å². The lowest BCUT2D eigenvalue weighted by Gasteiger charge is -2.17. The van der Waals surface area contributed by atoms with Crippen molar-refractivity contribution in [1.29, 1.82) is 0 Å². The van der Waals surface area contributed by atoms with E-state index in [0.717, 1.165) is 16.9 Å². The third-order valence-electron chi connectivity index (χ3n) is 4.80. The van der Waals surface area contributed by atoms with Crippen molar-refractivity contribution in [2.75, 3.05) is 29.5 Å². The zero-order valence-corrected chi connectivity index (χ0v) is 16.5. The molecule has 2 aromatic rings. The number of hydrogen-bond donors (Lipinski definition) is 1. The smallest absolute Gasteiger partial charge is 0.232 e. The number of benzene rings is 2. The predicted octanol–water partition coefficient (Wildman–Crippen LogP) is 3.15. The number of sulfonamides is 1. The van der Waals surface area contributed by atoms with Crippen LogP contribution in [0, 0.1) is 0 Å². The van der Waals surface area contributed by atoms with Crippen LogP contribution in [0.4, 0.5) is 11.4 Å². The van der Waals surface area contributed by atoms with Crippen LogP contribution in [0.1, 0.15) is 30.4 Å². The second kappa shape index (κ2) is 7.60. The van der Waals surface area contributed by atoms with E-state index >= 15 is 0 Å². The third-order valence-corrected chi connectivity index (χ3v) is 5.98. The molecule has 0 aromatic heterocycles. The van der Waals surface area contributed by atoms with Crippen LogP contribution in [0.25, 0.3) is 0 Å². The number of rotatable bonds is 6. The molecule has 144 valence electrons. The monoisotopic (exact) mass is 388 g/mol. The van der Waals surface area contributed by atoms with Crippen molar-refractivity contribution >= 4 is 27.3 Å². The van der Waals surface area contributed by atoms with Gasteiger partial charge in [0.1, 0.15) is 5.75 Å². The van der Waals surface area contributed by atoms with Gasteiger partial charge in [0.15, 0.2) is 0 Å². The molecule has 0 radical (unpaired) electrons. The van der Waals surface area contributed by atoms with Crippen molar-refractivity contribution in [3.05, 3.63) is 53.6 Å². The molecule has 1 atom stereocenters. The predicted molar refractivity (Wildman–Crippen MR) is 107 cm³/mol. The zero-order chi connectivity index (χ0) is 19.6. The molecule has 1 aliphatic rings. The summed E-state index contributed by atoms with van der Waals surface area (Å²) < 4.78 is 30.4. The molecule has 0 saturated heterocycles. The van der Waals surface area contributed by atoms with Crippen molar-refractivity contribution in [2.45, 2.75) is 25.7 Å². The van der Waals surface area contributed by atoms with E-state index < -0.39 is 10.0 Å². The van der Waals surface area contributed by atoms with Crippen LogP contribution in [-0.4, -0.2) is 34.2 Å². The molecule has 7 heteroatoms. The Morgan fingerprint density at radius 2 is 1.93 bits per heavy atom. The van der Waals surface area contributed by atoms with Gasteiger partial charge >= 0.3 is 0 Å². The van der Waals surface area contributed by atoms with E-state index in [1.54, 1.807) is 13.2 Å². The Hall–Kier alpha value is -2.54. The van der Waals surface area contributed by atoms with E-state index in [0.29, 0.717) is 30.8 Å². The Kier molecular flexibility index (Phi) is 5.41. The highest BCUT2D eigenvalue weighted by molar-refractivity contribution is 7.92. The maximum atomic E-state index is 12.4. The molecule has 0 spiro atoms. The van der Waals surface area contributed by atoms with E-state index in [4.69, 9.17) is 4.74 Å². The fraction of sp³-hybridized carbons (Fsp3) is 0.350. The van der Waals surface area contributed by atoms with Crippen molar-refractivity contribution in [1.82, 2.24) is 0 Å². The van der Waals surface area contributed by atoms with Gasteiger partial charge in [0.25, 0.3) is 0 Å². The first-order valence-electron chi connectivity index (χ1n) is 8.82. The van der Waals surface area contributed by atoms with Crippen molar-refractivity contribution in [3.63, 3.8) is 0 Å². The van der Waals surface area contributed by atoms with Crippen molar-refractivity contribution < 1.29 is 17.9 Å². The Morgan fingerprint density at radius 3 is 2.56 bits per heavy atom. The zero-order valence-electron chi connectivity index (χ0n) is 15.7. The number of fused-ring (bicyclic) bond motifs is 1. The number of nitrogens with zero attached hydrogens (tertiary/aromatic N) is 1. The van der Waals surface area contributed by atoms with E-state index in [1.807, 2.05) is 43.3 Å². The number of carbonyl (C=O) groups excluding carboxylic acids is 1. The number of amides is 1. The Morgan fingerprint density at radius 1 is 1.22 bits per heavy atom. The highest BCUT2D eigenvalue weighted by Crippen LogP contribution is 2.32. The summed E-state index contributed by atoms with van der Waals surface area (Å²) in [5.74, 6) is 0.726. The fourth-order valence-electron chi connectivity index (χ4n) is 3.31. The quantitative estimate of drug-likeness (QED) is 0.825. The van der Waals surface area contributed by atoms with Gasteiger partial charge in [-0.05, 0) is 47.7 Å². The van der Waals surface area contributed by atoms with Crippen LogP contribution in [0.2, 0.25) is 0 Å². The lowest BCUT2D eigenvalue weighted by molar-refractivity contribution is -0.116. The molecule has 0 aliphatic carbocycles. The summed E-state index contributed by atoms with van der Waals surface area (Å²) in [6, 6.07) is 13.1. The van der Waals surface area contributed by atoms with Crippen LogP contribution in [-0.2, 0) is 21.2 Å². The van der Waals surface area contributed by atoms with Gasteiger partial charge in [0, 0.05) is 18.7 Å². The molecular formula is C20H24N2O4S. The van der Waals surface area contributed by atoms with Crippen LogP contribution in [0.3, 0.4) is 0 Å². The van der Waals surface area contributed by atoms with Gasteiger partial charge in [0.2, 0.25) is 15.9 Å². The normalized spacial score (nSPS) is 14.6. The summed E-state index contributed by atoms with van der Waals surface area (Å²) in [6.07, 6.45) is 2.22. The van der Waals surface area contributed by atoms with Crippen LogP contribution in [0.5, 0.6) is 5.75 Å². The highest BCUT2D eigenvalue weighted by Gasteiger charge is 2.26. The summed E-state index contributed by atoms with van der Waals surface area (Å²) in [4.78, 5) is 12.4. The number of nitrogens with one attached hydrogen (secondary N) is 1. The third kappa shape index (κ3) is 4.42. The van der Waals surface area contributed by atoms with Crippen LogP contribution < -0.4 is 14.4 Å². The van der Waals surface area contributed by atoms with Crippen molar-refractivity contribution in [3.8, 4) is 5.75 Å². The number of hydrogen-bond acceptors (Lipinski definition) is 4. The molecule has 6 nitrogen and oxygen atoms in total. The average Bonchev–Trinajstić information content (AvgIpc) is 3.05. The van der Waals surface area contributed by atoms with E-state index in [-0.39, 0.29) is 11.8 Å². The molecule has 1 N–H and O–H groups in total. The van der Waals surface area contributed by atoms with Gasteiger partial charge in [-0.25, -0.2) is 8.42 Å². The molecule has 1 heterocycles. The summed E-state index contributed by atoms with van der Waals surface area (Å²) in [5.41, 5.74) is 3.29. The minimum atomic E-state index is -3.31. The number of methoxy groups -OCH3 is 1. The summed E-state index contributed by atoms with van der Waals surface area (Å²) in [6.45, 7) is 2.44. The van der Waals surface area contributed by atoms with Crippen LogP contribution in [0.15, 0.2) is 42.5 Å². The number of anilines is 2. The molecule has 27 heavy (non-hydrogen) atoms. The molecule has 0 bridgehead atoms. The maximum absolute atomic E-state index is 12.4. The summed E-state index contributed by atoms with van der Waals surface area (Å²) >= 11 is 0. The lowest BCUT2D eigenvalue weighted by Crippen LogP contribution is -2.27. The lowest BCUT2D eigenvalue weighted by atomic mass is 9.97. The Bertz CT molecular complexity index is 939. The summed E-state index contributed by atoms with van der Waals surface area (Å²) in [5, 5.41) is 2.88. The number of ether oxygens (including phenoxy) is 1. The first kappa shape index (κ1) is 19.2. The molecule has 0 fully saturated rings. The maximum Gasteiger partial charge on any atom is 0.232 e. The molecule has 1 aliphatic heterocycles. The number of carbonyl (C=O) groups is 1. The fourth-order valence-corrected chi connectivity index (χ4v) is 4.26. The van der Waals surface area contributed by atoms with Gasteiger partial charge in [-0.2, -0.15) is 0 Å². The van der Waals surface area contributed by atoms with E-state index in [1.165, 1.54) is 10.6 Å². The largest absolute Gasteiger partial charge is 0.497 e. The van der Waals surface area contributed by atoms with Gasteiger partial charge in [0.05, 0.1) is 19.1 Å². The topological polar surface area (TPSA) is 75.7 Å². The van der Waals surface area contributed by atoms with Gasteiger partial charge < -0.3 is 10.1 Å². The second-order valence-corrected chi connectivity index (χ2v) is 8.76. The van der Waals surface area contributed by atoms with Gasteiger partial charge in [-0.15, -0.1) is 0 Å². The minimum absolute atomic E-state index is 0.0536. The van der Waals surface area contributed by atoms with E-state index in [9.17, 15) is 13.2 Å². The minimum Gasteiger partial charge on any atom is -0.497 e. The summed E-state index contributed by atoms with van der Waals surface area (Å²) in [7, 11) is -1.69. The van der Waals surface area contributed by atoms with Crippen molar-refractivity contribution in [2.24, 2.45) is 0 Å². The van der Waals surface area contributed by atoms with Gasteiger partial charge in [-0.1, -0.05) is 25.1 Å².